The van der Waals surface area contributed by atoms with Gasteiger partial charge in [0.1, 0.15) is 0 Å². The molecule has 2 aliphatic rings. The van der Waals surface area contributed by atoms with Gasteiger partial charge in [-0.15, -0.1) is 0 Å². The van der Waals surface area contributed by atoms with Crippen LogP contribution in [0, 0.1) is 5.41 Å². The maximum atomic E-state index is 5.59. The number of hydrogen-bond donors (Lipinski definition) is 1. The van der Waals surface area contributed by atoms with Gasteiger partial charge in [-0.05, 0) is 51.1 Å². The predicted molar refractivity (Wildman–Crippen MR) is 82.1 cm³/mol. The van der Waals surface area contributed by atoms with Crippen molar-refractivity contribution < 1.29 is 9.47 Å². The Morgan fingerprint density at radius 3 is 2.40 bits per heavy atom. The highest BCUT2D eigenvalue weighted by atomic mass is 16.5. The van der Waals surface area contributed by atoms with E-state index in [4.69, 9.17) is 9.47 Å². The molecule has 2 rings (SSSR count). The summed E-state index contributed by atoms with van der Waals surface area (Å²) in [5.74, 6) is 0. The summed E-state index contributed by atoms with van der Waals surface area (Å²) in [6, 6.07) is 0.703. The van der Waals surface area contributed by atoms with E-state index in [9.17, 15) is 0 Å². The second-order valence-corrected chi connectivity index (χ2v) is 6.55. The molecule has 118 valence electrons. The molecule has 20 heavy (non-hydrogen) atoms. The van der Waals surface area contributed by atoms with Crippen molar-refractivity contribution in [1.29, 1.82) is 0 Å². The zero-order chi connectivity index (χ0) is 14.3. The van der Waals surface area contributed by atoms with Gasteiger partial charge in [-0.1, -0.05) is 6.92 Å². The van der Waals surface area contributed by atoms with Crippen molar-refractivity contribution in [2.75, 3.05) is 53.1 Å². The minimum Gasteiger partial charge on any atom is -0.381 e. The molecule has 2 saturated heterocycles. The zero-order valence-corrected chi connectivity index (χ0v) is 13.3. The highest BCUT2D eigenvalue weighted by Gasteiger charge is 2.35. The monoisotopic (exact) mass is 284 g/mol. The van der Waals surface area contributed by atoms with Crippen LogP contribution in [-0.4, -0.2) is 64.1 Å². The molecular formula is C16H32N2O2. The number of nitrogens with one attached hydrogen (secondary N) is 1. The first kappa shape index (κ1) is 16.2. The Bertz CT molecular complexity index is 261. The lowest BCUT2D eigenvalue weighted by Crippen LogP contribution is -2.49. The van der Waals surface area contributed by atoms with Gasteiger partial charge in [-0.3, -0.25) is 0 Å². The Balaban J connectivity index is 1.88. The molecule has 0 spiro atoms. The second kappa shape index (κ2) is 8.32. The van der Waals surface area contributed by atoms with Gasteiger partial charge in [0.25, 0.3) is 0 Å². The molecule has 0 aromatic heterocycles. The highest BCUT2D eigenvalue weighted by Crippen LogP contribution is 2.32. The summed E-state index contributed by atoms with van der Waals surface area (Å²) in [7, 11) is 2.30. The minimum absolute atomic E-state index is 0.403. The van der Waals surface area contributed by atoms with Crippen LogP contribution in [0.15, 0.2) is 0 Å². The fourth-order valence-electron chi connectivity index (χ4n) is 3.51. The third-order valence-electron chi connectivity index (χ3n) is 4.88. The van der Waals surface area contributed by atoms with Crippen LogP contribution in [0.5, 0.6) is 0 Å². The van der Waals surface area contributed by atoms with Gasteiger partial charge in [-0.25, -0.2) is 0 Å². The maximum absolute atomic E-state index is 5.59. The quantitative estimate of drug-likeness (QED) is 0.724. The molecule has 4 heteroatoms. The lowest BCUT2D eigenvalue weighted by molar-refractivity contribution is -0.0207. The summed E-state index contributed by atoms with van der Waals surface area (Å²) in [5.41, 5.74) is 0.403. The molecule has 2 aliphatic heterocycles. The highest BCUT2D eigenvalue weighted by molar-refractivity contribution is 4.88. The largest absolute Gasteiger partial charge is 0.381 e. The van der Waals surface area contributed by atoms with Crippen molar-refractivity contribution in [2.24, 2.45) is 5.41 Å². The van der Waals surface area contributed by atoms with Crippen LogP contribution in [0.3, 0.4) is 0 Å². The van der Waals surface area contributed by atoms with E-state index in [2.05, 4.69) is 24.2 Å². The first-order valence-corrected chi connectivity index (χ1v) is 8.32. The number of hydrogen-bond acceptors (Lipinski definition) is 4. The van der Waals surface area contributed by atoms with Crippen LogP contribution in [0.25, 0.3) is 0 Å². The average Bonchev–Trinajstić information content (AvgIpc) is 2.49. The van der Waals surface area contributed by atoms with E-state index in [0.29, 0.717) is 11.5 Å². The smallest absolute Gasteiger partial charge is 0.0480 e. The van der Waals surface area contributed by atoms with E-state index in [1.54, 1.807) is 0 Å². The van der Waals surface area contributed by atoms with Crippen molar-refractivity contribution in [3.05, 3.63) is 0 Å². The Kier molecular flexibility index (Phi) is 6.75. The van der Waals surface area contributed by atoms with Crippen LogP contribution in [0.2, 0.25) is 0 Å². The molecule has 0 aromatic carbocycles. The van der Waals surface area contributed by atoms with E-state index in [-0.39, 0.29) is 0 Å². The Morgan fingerprint density at radius 1 is 1.10 bits per heavy atom. The van der Waals surface area contributed by atoms with Crippen LogP contribution < -0.4 is 5.32 Å². The SMILES string of the molecule is CCCNCC1(CN(C)C2CCOCC2)CCOCC1. The van der Waals surface area contributed by atoms with Gasteiger partial charge in [0, 0.05) is 45.6 Å². The Hall–Kier alpha value is -0.160. The third kappa shape index (κ3) is 4.69. The summed E-state index contributed by atoms with van der Waals surface area (Å²) in [6.45, 7) is 9.40. The first-order chi connectivity index (χ1) is 9.76. The molecule has 0 amide bonds. The first-order valence-electron chi connectivity index (χ1n) is 8.32. The number of nitrogens with zero attached hydrogens (tertiary/aromatic N) is 1. The molecule has 2 fully saturated rings. The molecule has 1 N–H and O–H groups in total. The van der Waals surface area contributed by atoms with Gasteiger partial charge in [0.2, 0.25) is 0 Å². The van der Waals surface area contributed by atoms with Crippen LogP contribution in [-0.2, 0) is 9.47 Å². The van der Waals surface area contributed by atoms with Crippen LogP contribution in [0.1, 0.15) is 39.0 Å². The summed E-state index contributed by atoms with van der Waals surface area (Å²) in [6.07, 6.45) is 5.97. The molecular weight excluding hydrogens is 252 g/mol. The molecule has 4 nitrogen and oxygen atoms in total. The van der Waals surface area contributed by atoms with Crippen molar-refractivity contribution in [1.82, 2.24) is 10.2 Å². The second-order valence-electron chi connectivity index (χ2n) is 6.55. The molecule has 2 heterocycles. The van der Waals surface area contributed by atoms with Crippen LogP contribution >= 0.6 is 0 Å². The molecule has 0 atom stereocenters. The molecule has 0 unspecified atom stereocenters. The van der Waals surface area contributed by atoms with E-state index in [1.807, 2.05) is 0 Å². The molecule has 0 bridgehead atoms. The van der Waals surface area contributed by atoms with Crippen molar-refractivity contribution in [3.8, 4) is 0 Å². The van der Waals surface area contributed by atoms with Gasteiger partial charge >= 0.3 is 0 Å². The fraction of sp³-hybridized carbons (Fsp3) is 1.00. The summed E-state index contributed by atoms with van der Waals surface area (Å²) in [4.78, 5) is 2.58. The average molecular weight is 284 g/mol. The van der Waals surface area contributed by atoms with E-state index >= 15 is 0 Å². The lowest BCUT2D eigenvalue weighted by Gasteiger charge is -2.43. The number of rotatable bonds is 7. The molecule has 0 aromatic rings. The standard InChI is InChI=1S/C16H32N2O2/c1-3-8-17-13-16(6-11-20-12-7-16)14-18(2)15-4-9-19-10-5-15/h15,17H,3-14H2,1-2H3. The van der Waals surface area contributed by atoms with Gasteiger partial charge in [0.05, 0.1) is 0 Å². The molecule has 0 aliphatic carbocycles. The normalized spacial score (nSPS) is 24.1. The lowest BCUT2D eigenvalue weighted by atomic mass is 9.79. The summed E-state index contributed by atoms with van der Waals surface area (Å²) < 4.78 is 11.1. The van der Waals surface area contributed by atoms with E-state index in [0.717, 1.165) is 39.5 Å². The number of ether oxygens (including phenoxy) is 2. The molecule has 0 saturated carbocycles. The van der Waals surface area contributed by atoms with Gasteiger partial charge < -0.3 is 19.7 Å². The fourth-order valence-corrected chi connectivity index (χ4v) is 3.51. The zero-order valence-electron chi connectivity index (χ0n) is 13.3. The van der Waals surface area contributed by atoms with Crippen molar-refractivity contribution in [2.45, 2.75) is 45.1 Å². The van der Waals surface area contributed by atoms with E-state index < -0.39 is 0 Å². The summed E-state index contributed by atoms with van der Waals surface area (Å²) in [5, 5.41) is 3.65. The third-order valence-corrected chi connectivity index (χ3v) is 4.88. The van der Waals surface area contributed by atoms with Crippen molar-refractivity contribution in [3.63, 3.8) is 0 Å². The Morgan fingerprint density at radius 2 is 1.75 bits per heavy atom. The van der Waals surface area contributed by atoms with Crippen molar-refractivity contribution >= 4 is 0 Å². The topological polar surface area (TPSA) is 33.7 Å². The van der Waals surface area contributed by atoms with E-state index in [1.165, 1.54) is 38.6 Å². The van der Waals surface area contributed by atoms with Gasteiger partial charge in [-0.2, -0.15) is 0 Å². The van der Waals surface area contributed by atoms with Gasteiger partial charge in [0.15, 0.2) is 0 Å². The minimum atomic E-state index is 0.403. The van der Waals surface area contributed by atoms with Crippen LogP contribution in [0.4, 0.5) is 0 Å². The molecule has 0 radical (unpaired) electrons. The predicted octanol–water partition coefficient (Wildman–Crippen LogP) is 1.89. The maximum Gasteiger partial charge on any atom is 0.0480 e. The Labute approximate surface area is 124 Å². The summed E-state index contributed by atoms with van der Waals surface area (Å²) >= 11 is 0.